The molecule has 1 N–H and O–H groups in total. The second-order valence-corrected chi connectivity index (χ2v) is 8.05. The number of rotatable bonds is 4. The van der Waals surface area contributed by atoms with Gasteiger partial charge in [0.15, 0.2) is 0 Å². The van der Waals surface area contributed by atoms with Gasteiger partial charge in [-0.3, -0.25) is 0 Å². The highest BCUT2D eigenvalue weighted by Crippen LogP contribution is 2.32. The predicted molar refractivity (Wildman–Crippen MR) is 122 cm³/mol. The number of nitrogens with zero attached hydrogens (tertiary/aromatic N) is 1. The third kappa shape index (κ3) is 3.12. The molecule has 0 bridgehead atoms. The highest BCUT2D eigenvalue weighted by Gasteiger charge is 2.16. The number of methoxy groups -OCH3 is 1. The lowest BCUT2D eigenvalue weighted by molar-refractivity contribution is -0.642. The van der Waals surface area contributed by atoms with Crippen molar-refractivity contribution in [3.63, 3.8) is 0 Å². The van der Waals surface area contributed by atoms with E-state index in [0.29, 0.717) is 0 Å². The molecule has 0 radical (unpaired) electrons. The van der Waals surface area contributed by atoms with E-state index in [9.17, 15) is 0 Å². The van der Waals surface area contributed by atoms with Crippen LogP contribution in [0.4, 0.5) is 0 Å². The van der Waals surface area contributed by atoms with Gasteiger partial charge in [-0.05, 0) is 29.8 Å². The standard InChI is InChI=1S/C25H20N2OS/c1-27-22-16-18(28-2)12-14-23(22)29-24(27)15-13-20-19-10-6-7-11-21(19)26-25(20)17-8-4-3-5-9-17/h3-16H,1-2H3/p+1. The molecule has 2 aromatic heterocycles. The molecule has 0 atom stereocenters. The Kier molecular flexibility index (Phi) is 4.41. The fraction of sp³-hybridized carbons (Fsp3) is 0.0800. The van der Waals surface area contributed by atoms with Gasteiger partial charge in [-0.2, -0.15) is 4.57 Å². The Morgan fingerprint density at radius 1 is 0.931 bits per heavy atom. The van der Waals surface area contributed by atoms with Crippen molar-refractivity contribution in [3.8, 4) is 17.0 Å². The summed E-state index contributed by atoms with van der Waals surface area (Å²) in [4.78, 5) is 3.60. The number of H-pyrrole nitrogens is 1. The fourth-order valence-electron chi connectivity index (χ4n) is 3.74. The molecule has 29 heavy (non-hydrogen) atoms. The van der Waals surface area contributed by atoms with Gasteiger partial charge >= 0.3 is 0 Å². The van der Waals surface area contributed by atoms with Crippen LogP contribution in [0.15, 0.2) is 72.8 Å². The minimum atomic E-state index is 0.879. The summed E-state index contributed by atoms with van der Waals surface area (Å²) in [7, 11) is 3.81. The Hall–Kier alpha value is -3.37. The summed E-state index contributed by atoms with van der Waals surface area (Å²) in [5.41, 5.74) is 5.87. The van der Waals surface area contributed by atoms with Crippen LogP contribution in [-0.4, -0.2) is 12.1 Å². The molecule has 3 aromatic carbocycles. The molecule has 5 rings (SSSR count). The van der Waals surface area contributed by atoms with Crippen LogP contribution in [0.5, 0.6) is 5.75 Å². The van der Waals surface area contributed by atoms with Crippen LogP contribution in [0, 0.1) is 0 Å². The number of para-hydroxylation sites is 1. The van der Waals surface area contributed by atoms with Crippen LogP contribution in [0.1, 0.15) is 10.6 Å². The maximum absolute atomic E-state index is 5.39. The van der Waals surface area contributed by atoms with Crippen molar-refractivity contribution in [1.29, 1.82) is 0 Å². The molecule has 0 aliphatic heterocycles. The van der Waals surface area contributed by atoms with Gasteiger partial charge in [-0.1, -0.05) is 59.9 Å². The van der Waals surface area contributed by atoms with Gasteiger partial charge in [0.2, 0.25) is 5.52 Å². The summed E-state index contributed by atoms with van der Waals surface area (Å²) in [5.74, 6) is 0.879. The summed E-state index contributed by atoms with van der Waals surface area (Å²) < 4.78 is 8.85. The number of hydrogen-bond donors (Lipinski definition) is 1. The minimum absolute atomic E-state index is 0.879. The molecule has 142 valence electrons. The van der Waals surface area contributed by atoms with Crippen molar-refractivity contribution in [2.24, 2.45) is 7.05 Å². The van der Waals surface area contributed by atoms with Gasteiger partial charge < -0.3 is 9.72 Å². The summed E-state index contributed by atoms with van der Waals surface area (Å²) in [5, 5.41) is 2.42. The van der Waals surface area contributed by atoms with Crippen molar-refractivity contribution < 1.29 is 9.30 Å². The van der Waals surface area contributed by atoms with Crippen LogP contribution >= 0.6 is 11.3 Å². The molecule has 5 aromatic rings. The Balaban J connectivity index is 1.64. The van der Waals surface area contributed by atoms with Crippen LogP contribution < -0.4 is 9.30 Å². The lowest BCUT2D eigenvalue weighted by Crippen LogP contribution is -2.28. The number of nitrogens with one attached hydrogen (secondary N) is 1. The average molecular weight is 398 g/mol. The highest BCUT2D eigenvalue weighted by atomic mass is 32.1. The first kappa shape index (κ1) is 17.7. The summed E-state index contributed by atoms with van der Waals surface area (Å²) in [6.45, 7) is 0. The van der Waals surface area contributed by atoms with Gasteiger partial charge in [0.1, 0.15) is 17.5 Å². The molecule has 0 spiro atoms. The van der Waals surface area contributed by atoms with Crippen LogP contribution in [-0.2, 0) is 7.05 Å². The third-order valence-electron chi connectivity index (χ3n) is 5.27. The van der Waals surface area contributed by atoms with Crippen molar-refractivity contribution in [2.75, 3.05) is 7.11 Å². The second kappa shape index (κ2) is 7.22. The van der Waals surface area contributed by atoms with Crippen molar-refractivity contribution >= 4 is 44.6 Å². The van der Waals surface area contributed by atoms with E-state index in [2.05, 4.69) is 89.4 Å². The first-order valence-corrected chi connectivity index (χ1v) is 10.4. The molecule has 0 saturated heterocycles. The Morgan fingerprint density at radius 3 is 2.55 bits per heavy atom. The largest absolute Gasteiger partial charge is 0.497 e. The molecular formula is C25H21N2OS+. The fourth-order valence-corrected chi connectivity index (χ4v) is 4.78. The molecule has 0 aliphatic rings. The number of thiazole rings is 1. The van der Waals surface area contributed by atoms with Crippen molar-refractivity contribution in [2.45, 2.75) is 0 Å². The number of fused-ring (bicyclic) bond motifs is 2. The number of aromatic amines is 1. The SMILES string of the molecule is COc1ccc2sc(/C=C/c3c(-c4ccccc4)[nH]c4ccccc34)[n+](C)c2c1. The van der Waals surface area contributed by atoms with E-state index < -0.39 is 0 Å². The molecule has 0 saturated carbocycles. The number of hydrogen-bond acceptors (Lipinski definition) is 2. The summed E-state index contributed by atoms with van der Waals surface area (Å²) >= 11 is 1.78. The minimum Gasteiger partial charge on any atom is -0.497 e. The maximum Gasteiger partial charge on any atom is 0.262 e. The van der Waals surface area contributed by atoms with Crippen molar-refractivity contribution in [3.05, 3.63) is 83.4 Å². The van der Waals surface area contributed by atoms with E-state index in [1.54, 1.807) is 18.4 Å². The van der Waals surface area contributed by atoms with Crippen LogP contribution in [0.2, 0.25) is 0 Å². The van der Waals surface area contributed by atoms with Crippen LogP contribution in [0.25, 0.3) is 44.5 Å². The predicted octanol–water partition coefficient (Wildman–Crippen LogP) is 6.05. The van der Waals surface area contributed by atoms with E-state index in [0.717, 1.165) is 17.0 Å². The Labute approximate surface area is 173 Å². The van der Waals surface area contributed by atoms with Crippen LogP contribution in [0.3, 0.4) is 0 Å². The lowest BCUT2D eigenvalue weighted by Gasteiger charge is -2.00. The normalized spacial score (nSPS) is 11.7. The molecule has 4 heteroatoms. The zero-order chi connectivity index (χ0) is 19.8. The van der Waals surface area contributed by atoms with Gasteiger partial charge in [-0.25, -0.2) is 0 Å². The van der Waals surface area contributed by atoms with E-state index in [4.69, 9.17) is 4.74 Å². The van der Waals surface area contributed by atoms with E-state index >= 15 is 0 Å². The number of ether oxygens (including phenoxy) is 1. The first-order valence-electron chi connectivity index (χ1n) is 9.55. The Bertz CT molecular complexity index is 1350. The molecule has 2 heterocycles. The molecule has 0 aliphatic carbocycles. The van der Waals surface area contributed by atoms with Gasteiger partial charge in [0.25, 0.3) is 5.01 Å². The maximum atomic E-state index is 5.39. The Morgan fingerprint density at radius 2 is 1.72 bits per heavy atom. The van der Waals surface area contributed by atoms with Crippen molar-refractivity contribution in [1.82, 2.24) is 4.98 Å². The van der Waals surface area contributed by atoms with Gasteiger partial charge in [0, 0.05) is 22.5 Å². The zero-order valence-electron chi connectivity index (χ0n) is 16.3. The van der Waals surface area contributed by atoms with Gasteiger partial charge in [0.05, 0.1) is 18.9 Å². The third-order valence-corrected chi connectivity index (χ3v) is 6.46. The number of aryl methyl sites for hydroxylation is 1. The van der Waals surface area contributed by atoms with E-state index in [1.165, 1.54) is 31.7 Å². The highest BCUT2D eigenvalue weighted by molar-refractivity contribution is 7.18. The molecule has 0 fully saturated rings. The first-order chi connectivity index (χ1) is 14.2. The molecular weight excluding hydrogens is 376 g/mol. The van der Waals surface area contributed by atoms with E-state index in [-0.39, 0.29) is 0 Å². The average Bonchev–Trinajstić information content (AvgIpc) is 3.30. The zero-order valence-corrected chi connectivity index (χ0v) is 17.2. The monoisotopic (exact) mass is 397 g/mol. The second-order valence-electron chi connectivity index (χ2n) is 6.99. The number of benzene rings is 3. The summed E-state index contributed by atoms with van der Waals surface area (Å²) in [6, 6.07) is 25.2. The quantitative estimate of drug-likeness (QED) is 0.367. The topological polar surface area (TPSA) is 28.9 Å². The molecule has 0 unspecified atom stereocenters. The smallest absolute Gasteiger partial charge is 0.262 e. The summed E-state index contributed by atoms with van der Waals surface area (Å²) in [6.07, 6.45) is 4.43. The number of aromatic nitrogens is 2. The van der Waals surface area contributed by atoms with E-state index in [1.807, 2.05) is 12.1 Å². The van der Waals surface area contributed by atoms with Gasteiger partial charge in [-0.15, -0.1) is 0 Å². The molecule has 3 nitrogen and oxygen atoms in total. The molecule has 0 amide bonds. The lowest BCUT2D eigenvalue weighted by atomic mass is 10.0.